The molecule has 1 atom stereocenters. The standard InChI is InChI=1S/C14H19BrO2/c1-2-17-13-8-7-11(15)9-12(13)14(16)10-5-3-4-6-10/h7-10,14,16H,2-6H2,1H3. The van der Waals surface area contributed by atoms with E-state index in [1.54, 1.807) is 0 Å². The van der Waals surface area contributed by atoms with Crippen molar-refractivity contribution in [1.29, 1.82) is 0 Å². The van der Waals surface area contributed by atoms with Crippen molar-refractivity contribution in [2.75, 3.05) is 6.61 Å². The molecule has 0 heterocycles. The number of hydrogen-bond acceptors (Lipinski definition) is 2. The van der Waals surface area contributed by atoms with Gasteiger partial charge in [0.1, 0.15) is 5.75 Å². The second-order valence-corrected chi connectivity index (χ2v) is 5.52. The van der Waals surface area contributed by atoms with Crippen molar-refractivity contribution in [2.24, 2.45) is 5.92 Å². The first-order valence-electron chi connectivity index (χ1n) is 6.32. The third-order valence-electron chi connectivity index (χ3n) is 3.44. The van der Waals surface area contributed by atoms with E-state index < -0.39 is 6.10 Å². The zero-order valence-corrected chi connectivity index (χ0v) is 11.7. The highest BCUT2D eigenvalue weighted by Crippen LogP contribution is 2.39. The quantitative estimate of drug-likeness (QED) is 0.908. The third-order valence-corrected chi connectivity index (χ3v) is 3.93. The van der Waals surface area contributed by atoms with Gasteiger partial charge in [-0.3, -0.25) is 0 Å². The fourth-order valence-electron chi connectivity index (χ4n) is 2.56. The average molecular weight is 299 g/mol. The summed E-state index contributed by atoms with van der Waals surface area (Å²) in [5, 5.41) is 10.5. The van der Waals surface area contributed by atoms with E-state index >= 15 is 0 Å². The van der Waals surface area contributed by atoms with Crippen LogP contribution in [0.1, 0.15) is 44.3 Å². The van der Waals surface area contributed by atoms with Gasteiger partial charge >= 0.3 is 0 Å². The van der Waals surface area contributed by atoms with Gasteiger partial charge in [0.2, 0.25) is 0 Å². The van der Waals surface area contributed by atoms with Gasteiger partial charge in [-0.1, -0.05) is 28.8 Å². The molecule has 1 fully saturated rings. The van der Waals surface area contributed by atoms with E-state index in [2.05, 4.69) is 15.9 Å². The predicted octanol–water partition coefficient (Wildman–Crippen LogP) is 4.07. The summed E-state index contributed by atoms with van der Waals surface area (Å²) in [5.41, 5.74) is 0.924. The molecule has 2 nitrogen and oxygen atoms in total. The van der Waals surface area contributed by atoms with Crippen LogP contribution in [0.4, 0.5) is 0 Å². The minimum atomic E-state index is -0.392. The first-order valence-corrected chi connectivity index (χ1v) is 7.12. The highest BCUT2D eigenvalue weighted by atomic mass is 79.9. The minimum Gasteiger partial charge on any atom is -0.493 e. The second kappa shape index (κ2) is 5.87. The largest absolute Gasteiger partial charge is 0.493 e. The summed E-state index contributed by atoms with van der Waals surface area (Å²) in [6.45, 7) is 2.60. The Bertz CT molecular complexity index is 372. The summed E-state index contributed by atoms with van der Waals surface area (Å²) < 4.78 is 6.59. The summed E-state index contributed by atoms with van der Waals surface area (Å²) in [5.74, 6) is 1.21. The summed E-state index contributed by atoms with van der Waals surface area (Å²) >= 11 is 3.46. The van der Waals surface area contributed by atoms with E-state index in [4.69, 9.17) is 4.74 Å². The number of aliphatic hydroxyl groups excluding tert-OH is 1. The Morgan fingerprint density at radius 1 is 1.41 bits per heavy atom. The van der Waals surface area contributed by atoms with E-state index in [-0.39, 0.29) is 0 Å². The van der Waals surface area contributed by atoms with Gasteiger partial charge in [0.05, 0.1) is 12.7 Å². The molecule has 1 aliphatic rings. The van der Waals surface area contributed by atoms with Gasteiger partial charge in [-0.05, 0) is 43.9 Å². The Balaban J connectivity index is 2.24. The van der Waals surface area contributed by atoms with Crippen LogP contribution < -0.4 is 4.74 Å². The molecule has 0 aromatic heterocycles. The number of hydrogen-bond donors (Lipinski definition) is 1. The predicted molar refractivity (Wildman–Crippen MR) is 72.2 cm³/mol. The Hall–Kier alpha value is -0.540. The molecule has 3 heteroatoms. The zero-order valence-electron chi connectivity index (χ0n) is 10.2. The molecule has 1 aromatic carbocycles. The van der Waals surface area contributed by atoms with Crippen molar-refractivity contribution >= 4 is 15.9 Å². The lowest BCUT2D eigenvalue weighted by atomic mass is 9.94. The zero-order chi connectivity index (χ0) is 12.3. The Morgan fingerprint density at radius 2 is 2.12 bits per heavy atom. The Morgan fingerprint density at radius 3 is 2.76 bits per heavy atom. The molecule has 0 amide bonds. The highest BCUT2D eigenvalue weighted by molar-refractivity contribution is 9.10. The van der Waals surface area contributed by atoms with Crippen molar-refractivity contribution in [2.45, 2.75) is 38.7 Å². The maximum atomic E-state index is 10.5. The maximum Gasteiger partial charge on any atom is 0.125 e. The van der Waals surface area contributed by atoms with Gasteiger partial charge in [-0.15, -0.1) is 0 Å². The van der Waals surface area contributed by atoms with E-state index in [0.717, 1.165) is 28.6 Å². The Labute approximate surface area is 111 Å². The topological polar surface area (TPSA) is 29.5 Å². The molecular formula is C14H19BrO2. The van der Waals surface area contributed by atoms with E-state index in [0.29, 0.717) is 12.5 Å². The fraction of sp³-hybridized carbons (Fsp3) is 0.571. The van der Waals surface area contributed by atoms with Crippen LogP contribution in [-0.2, 0) is 0 Å². The van der Waals surface area contributed by atoms with E-state index in [9.17, 15) is 5.11 Å². The third kappa shape index (κ3) is 3.02. The molecule has 1 saturated carbocycles. The molecule has 1 N–H and O–H groups in total. The van der Waals surface area contributed by atoms with Crippen molar-refractivity contribution in [3.05, 3.63) is 28.2 Å². The van der Waals surface area contributed by atoms with E-state index in [1.165, 1.54) is 12.8 Å². The molecule has 1 unspecified atom stereocenters. The molecule has 0 aliphatic heterocycles. The van der Waals surface area contributed by atoms with Gasteiger partial charge < -0.3 is 9.84 Å². The second-order valence-electron chi connectivity index (χ2n) is 4.60. The van der Waals surface area contributed by atoms with Gasteiger partial charge in [0.25, 0.3) is 0 Å². The normalized spacial score (nSPS) is 18.3. The van der Waals surface area contributed by atoms with Crippen LogP contribution in [0.15, 0.2) is 22.7 Å². The fourth-order valence-corrected chi connectivity index (χ4v) is 2.94. The van der Waals surface area contributed by atoms with Crippen molar-refractivity contribution in [3.63, 3.8) is 0 Å². The van der Waals surface area contributed by atoms with Gasteiger partial charge in [-0.2, -0.15) is 0 Å². The van der Waals surface area contributed by atoms with Crippen LogP contribution in [0.2, 0.25) is 0 Å². The molecule has 17 heavy (non-hydrogen) atoms. The minimum absolute atomic E-state index is 0.392. The molecule has 0 bridgehead atoms. The lowest BCUT2D eigenvalue weighted by molar-refractivity contribution is 0.108. The average Bonchev–Trinajstić information content (AvgIpc) is 2.84. The number of benzene rings is 1. The SMILES string of the molecule is CCOc1ccc(Br)cc1C(O)C1CCCC1. The molecule has 1 aromatic rings. The van der Waals surface area contributed by atoms with E-state index in [1.807, 2.05) is 25.1 Å². The monoisotopic (exact) mass is 298 g/mol. The summed E-state index contributed by atoms with van der Waals surface area (Å²) in [7, 11) is 0. The van der Waals surface area contributed by atoms with Gasteiger partial charge in [0.15, 0.2) is 0 Å². The van der Waals surface area contributed by atoms with Crippen LogP contribution >= 0.6 is 15.9 Å². The number of aliphatic hydroxyl groups is 1. The molecule has 1 aliphatic carbocycles. The number of rotatable bonds is 4. The Kier molecular flexibility index (Phi) is 4.46. The number of halogens is 1. The lowest BCUT2D eigenvalue weighted by Crippen LogP contribution is -2.11. The van der Waals surface area contributed by atoms with Gasteiger partial charge in [-0.25, -0.2) is 0 Å². The van der Waals surface area contributed by atoms with Crippen LogP contribution in [0.25, 0.3) is 0 Å². The molecular weight excluding hydrogens is 280 g/mol. The summed E-state index contributed by atoms with van der Waals surface area (Å²) in [6, 6.07) is 5.87. The molecule has 0 radical (unpaired) electrons. The lowest BCUT2D eigenvalue weighted by Gasteiger charge is -2.21. The van der Waals surface area contributed by atoms with Crippen LogP contribution in [0.3, 0.4) is 0 Å². The first-order chi connectivity index (χ1) is 8.22. The highest BCUT2D eigenvalue weighted by Gasteiger charge is 2.26. The number of ether oxygens (including phenoxy) is 1. The molecule has 0 saturated heterocycles. The first kappa shape index (κ1) is 12.9. The van der Waals surface area contributed by atoms with Crippen LogP contribution in [0.5, 0.6) is 5.75 Å². The van der Waals surface area contributed by atoms with Crippen LogP contribution in [0, 0.1) is 5.92 Å². The summed E-state index contributed by atoms with van der Waals surface area (Å²) in [6.07, 6.45) is 4.33. The summed E-state index contributed by atoms with van der Waals surface area (Å²) in [4.78, 5) is 0. The van der Waals surface area contributed by atoms with Crippen molar-refractivity contribution < 1.29 is 9.84 Å². The van der Waals surface area contributed by atoms with Gasteiger partial charge in [0, 0.05) is 10.0 Å². The molecule has 0 spiro atoms. The maximum absolute atomic E-state index is 10.5. The van der Waals surface area contributed by atoms with Crippen molar-refractivity contribution in [1.82, 2.24) is 0 Å². The smallest absolute Gasteiger partial charge is 0.125 e. The van der Waals surface area contributed by atoms with Crippen LogP contribution in [-0.4, -0.2) is 11.7 Å². The molecule has 94 valence electrons. The van der Waals surface area contributed by atoms with Crippen molar-refractivity contribution in [3.8, 4) is 5.75 Å². The molecule has 2 rings (SSSR count).